The first-order chi connectivity index (χ1) is 26.0. The molecule has 0 N–H and O–H groups in total. The summed E-state index contributed by atoms with van der Waals surface area (Å²) in [6.07, 6.45) is 10.9. The molecule has 0 radical (unpaired) electrons. The van der Waals surface area contributed by atoms with Gasteiger partial charge in [-0.15, -0.1) is 10.2 Å². The van der Waals surface area contributed by atoms with Gasteiger partial charge in [0, 0.05) is 55.1 Å². The molecule has 0 fully saturated rings. The Labute approximate surface area is 309 Å². The number of aromatic nitrogens is 12. The third-order valence-electron chi connectivity index (χ3n) is 8.54. The van der Waals surface area contributed by atoms with E-state index in [4.69, 9.17) is 9.72 Å². The minimum absolute atomic E-state index is 0.243. The van der Waals surface area contributed by atoms with Gasteiger partial charge in [0.2, 0.25) is 5.88 Å². The number of imidazole rings is 2. The number of halogens is 2. The predicted molar refractivity (Wildman–Crippen MR) is 202 cm³/mol. The lowest BCUT2D eigenvalue weighted by atomic mass is 10.1. The topological polar surface area (TPSA) is 131 Å². The maximum absolute atomic E-state index is 14.0. The van der Waals surface area contributed by atoms with E-state index >= 15 is 0 Å². The Balaban J connectivity index is 0.000000167. The van der Waals surface area contributed by atoms with E-state index in [1.54, 1.807) is 46.1 Å². The molecule has 0 saturated heterocycles. The van der Waals surface area contributed by atoms with Gasteiger partial charge < -0.3 is 13.9 Å². The van der Waals surface area contributed by atoms with Crippen LogP contribution in [-0.4, -0.2) is 65.4 Å². The van der Waals surface area contributed by atoms with Gasteiger partial charge in [0.25, 0.3) is 5.78 Å². The number of ether oxygens (including phenoxy) is 1. The van der Waals surface area contributed by atoms with Crippen molar-refractivity contribution in [1.82, 2.24) is 58.3 Å². The Kier molecular flexibility index (Phi) is 9.61. The number of benzene rings is 2. The van der Waals surface area contributed by atoms with Gasteiger partial charge >= 0.3 is 0 Å². The zero-order valence-electron chi connectivity index (χ0n) is 30.7. The SMILES string of the molecule is COc1nc(C)n2nc(C=Cc3nc(-c4ccccc4)cn3C)nc2c1C.Cc1cc(C)n2nc(C=Cc3nc(-c4ccc(F)cc4F)cn3C)nc2n1. The predicted octanol–water partition coefficient (Wildman–Crippen LogP) is 6.91. The molecule has 0 bridgehead atoms. The molecular formula is C39H36F2N12O. The van der Waals surface area contributed by atoms with Crippen LogP contribution in [0.25, 0.3) is 58.2 Å². The Bertz CT molecular complexity index is 2700. The van der Waals surface area contributed by atoms with Gasteiger partial charge in [-0.3, -0.25) is 0 Å². The summed E-state index contributed by atoms with van der Waals surface area (Å²) in [4.78, 5) is 26.8. The summed E-state index contributed by atoms with van der Waals surface area (Å²) in [7, 11) is 5.37. The molecule has 6 heterocycles. The Morgan fingerprint density at radius 2 is 1.31 bits per heavy atom. The van der Waals surface area contributed by atoms with Gasteiger partial charge in [-0.2, -0.15) is 14.5 Å². The molecule has 0 aliphatic heterocycles. The van der Waals surface area contributed by atoms with E-state index in [9.17, 15) is 8.78 Å². The monoisotopic (exact) mass is 726 g/mol. The van der Waals surface area contributed by atoms with Crippen LogP contribution in [0.2, 0.25) is 0 Å². The van der Waals surface area contributed by atoms with Gasteiger partial charge in [0.1, 0.15) is 29.1 Å². The fourth-order valence-corrected chi connectivity index (χ4v) is 5.84. The highest BCUT2D eigenvalue weighted by Crippen LogP contribution is 2.24. The quantitative estimate of drug-likeness (QED) is 0.172. The van der Waals surface area contributed by atoms with Gasteiger partial charge in [-0.1, -0.05) is 30.3 Å². The van der Waals surface area contributed by atoms with Crippen molar-refractivity contribution in [1.29, 1.82) is 0 Å². The highest BCUT2D eigenvalue weighted by Gasteiger charge is 2.14. The van der Waals surface area contributed by atoms with Crippen molar-refractivity contribution in [2.24, 2.45) is 14.1 Å². The lowest BCUT2D eigenvalue weighted by Crippen LogP contribution is -2.02. The fourth-order valence-electron chi connectivity index (χ4n) is 5.84. The number of nitrogens with zero attached hydrogens (tertiary/aromatic N) is 12. The average molecular weight is 727 g/mol. The lowest BCUT2D eigenvalue weighted by Gasteiger charge is -2.05. The van der Waals surface area contributed by atoms with Crippen LogP contribution in [0, 0.1) is 39.3 Å². The van der Waals surface area contributed by atoms with Crippen molar-refractivity contribution in [2.45, 2.75) is 27.7 Å². The van der Waals surface area contributed by atoms with E-state index in [0.717, 1.165) is 51.6 Å². The minimum Gasteiger partial charge on any atom is -0.481 e. The van der Waals surface area contributed by atoms with Gasteiger partial charge in [0.15, 0.2) is 17.3 Å². The molecule has 8 rings (SSSR count). The van der Waals surface area contributed by atoms with Gasteiger partial charge in [0.05, 0.1) is 24.1 Å². The molecule has 0 saturated carbocycles. The third-order valence-corrected chi connectivity index (χ3v) is 8.54. The van der Waals surface area contributed by atoms with Crippen LogP contribution in [-0.2, 0) is 14.1 Å². The van der Waals surface area contributed by atoms with Crippen LogP contribution in [0.3, 0.4) is 0 Å². The second kappa shape index (κ2) is 14.6. The van der Waals surface area contributed by atoms with Crippen LogP contribution >= 0.6 is 0 Å². The average Bonchev–Trinajstić information content (AvgIpc) is 3.94. The van der Waals surface area contributed by atoms with Crippen molar-refractivity contribution in [2.75, 3.05) is 7.11 Å². The van der Waals surface area contributed by atoms with Crippen molar-refractivity contribution in [3.8, 4) is 28.4 Å². The first-order valence-electron chi connectivity index (χ1n) is 16.9. The molecule has 0 aliphatic carbocycles. The summed E-state index contributed by atoms with van der Waals surface area (Å²) < 4.78 is 39.5. The first kappa shape index (κ1) is 35.5. The number of methoxy groups -OCH3 is 1. The van der Waals surface area contributed by atoms with Gasteiger partial charge in [-0.25, -0.2) is 33.2 Å². The van der Waals surface area contributed by atoms with Crippen LogP contribution in [0.15, 0.2) is 67.0 Å². The van der Waals surface area contributed by atoms with Crippen LogP contribution in [0.4, 0.5) is 8.78 Å². The van der Waals surface area contributed by atoms with Crippen LogP contribution in [0.5, 0.6) is 5.88 Å². The summed E-state index contributed by atoms with van der Waals surface area (Å²) in [5, 5.41) is 8.93. The highest BCUT2D eigenvalue weighted by molar-refractivity contribution is 5.69. The Morgan fingerprint density at radius 3 is 2.00 bits per heavy atom. The zero-order valence-corrected chi connectivity index (χ0v) is 30.7. The van der Waals surface area contributed by atoms with Crippen molar-refractivity contribution in [3.05, 3.63) is 125 Å². The molecule has 272 valence electrons. The Hall–Kier alpha value is -6.90. The van der Waals surface area contributed by atoms with Crippen LogP contribution in [0.1, 0.15) is 46.1 Å². The molecule has 6 aromatic heterocycles. The van der Waals surface area contributed by atoms with E-state index in [1.165, 1.54) is 12.1 Å². The molecule has 0 unspecified atom stereocenters. The maximum atomic E-state index is 14.0. The summed E-state index contributed by atoms with van der Waals surface area (Å²) in [6.45, 7) is 7.64. The lowest BCUT2D eigenvalue weighted by molar-refractivity contribution is 0.392. The second-order valence-electron chi connectivity index (χ2n) is 12.6. The first-order valence-corrected chi connectivity index (χ1v) is 16.9. The standard InChI is InChI=1S/C20H20N6O.C19H16F2N6/c1-13-19-23-17(24-26(19)14(2)21-20(13)27-4)10-11-18-22-16(12-25(18)3)15-8-6-5-7-9-15;1-11-8-12(2)27-19(22-11)24-17(25-27)6-7-18-23-16(10-26(18)3)14-5-4-13(20)9-15(14)21/h5-12H,1-4H3;4-10H,1-3H3. The molecule has 8 aromatic rings. The second-order valence-corrected chi connectivity index (χ2v) is 12.6. The number of aryl methyl sites for hydroxylation is 6. The van der Waals surface area contributed by atoms with Crippen LogP contribution < -0.4 is 4.74 Å². The summed E-state index contributed by atoms with van der Waals surface area (Å²) >= 11 is 0. The normalized spacial score (nSPS) is 11.6. The summed E-state index contributed by atoms with van der Waals surface area (Å²) in [6, 6.07) is 15.5. The van der Waals surface area contributed by atoms with Crippen molar-refractivity contribution >= 4 is 35.7 Å². The molecule has 0 amide bonds. The maximum Gasteiger partial charge on any atom is 0.253 e. The largest absolute Gasteiger partial charge is 0.481 e. The van der Waals surface area contributed by atoms with Crippen molar-refractivity contribution < 1.29 is 13.5 Å². The molecule has 2 aromatic carbocycles. The van der Waals surface area contributed by atoms with E-state index in [2.05, 4.69) is 35.1 Å². The molecule has 13 nitrogen and oxygen atoms in total. The van der Waals surface area contributed by atoms with E-state index in [0.29, 0.717) is 34.8 Å². The third kappa shape index (κ3) is 7.24. The smallest absolute Gasteiger partial charge is 0.253 e. The zero-order chi connectivity index (χ0) is 38.1. The van der Waals surface area contributed by atoms with Gasteiger partial charge in [-0.05, 0) is 70.2 Å². The number of hydrogen-bond acceptors (Lipinski definition) is 9. The minimum atomic E-state index is -0.650. The molecule has 0 aliphatic rings. The molecular weight excluding hydrogens is 691 g/mol. The highest BCUT2D eigenvalue weighted by atomic mass is 19.1. The molecule has 15 heteroatoms. The summed E-state index contributed by atoms with van der Waals surface area (Å²) in [5.41, 5.74) is 6.10. The molecule has 0 spiro atoms. The van der Waals surface area contributed by atoms with E-state index in [-0.39, 0.29) is 5.56 Å². The fraction of sp³-hybridized carbons (Fsp3) is 0.179. The number of rotatable bonds is 7. The number of hydrogen-bond donors (Lipinski definition) is 0. The Morgan fingerprint density at radius 1 is 0.667 bits per heavy atom. The van der Waals surface area contributed by atoms with E-state index < -0.39 is 11.6 Å². The summed E-state index contributed by atoms with van der Waals surface area (Å²) in [5.74, 6) is 3.06. The number of fused-ring (bicyclic) bond motifs is 2. The van der Waals surface area contributed by atoms with E-state index in [1.807, 2.05) is 94.1 Å². The molecule has 0 atom stereocenters. The van der Waals surface area contributed by atoms with Crippen molar-refractivity contribution in [3.63, 3.8) is 0 Å². The molecule has 54 heavy (non-hydrogen) atoms.